The number of carbonyl (C=O) groups is 1. The van der Waals surface area contributed by atoms with E-state index in [0.29, 0.717) is 32.6 Å². The number of nitriles is 1. The third-order valence-electron chi connectivity index (χ3n) is 4.36. The highest BCUT2D eigenvalue weighted by Crippen LogP contribution is 2.14. The van der Waals surface area contributed by atoms with Crippen LogP contribution in [0.5, 0.6) is 0 Å². The second-order valence-electron chi connectivity index (χ2n) is 6.05. The van der Waals surface area contributed by atoms with E-state index in [4.69, 9.17) is 9.68 Å². The Morgan fingerprint density at radius 2 is 2.32 bits per heavy atom. The molecule has 0 saturated carbocycles. The fourth-order valence-electron chi connectivity index (χ4n) is 3.02. The van der Waals surface area contributed by atoms with Crippen LogP contribution in [0.25, 0.3) is 0 Å². The van der Waals surface area contributed by atoms with E-state index in [2.05, 4.69) is 32.7 Å². The molecule has 0 saturated heterocycles. The van der Waals surface area contributed by atoms with Gasteiger partial charge >= 0.3 is 0 Å². The molecule has 3 rings (SSSR count). The number of nitrogens with zero attached hydrogens (tertiary/aromatic N) is 6. The highest BCUT2D eigenvalue weighted by atomic mass is 16.3. The molecule has 1 aliphatic rings. The van der Waals surface area contributed by atoms with Gasteiger partial charge in [0.25, 0.3) is 0 Å². The number of carbonyl (C=O) groups excluding carboxylic acids is 1. The van der Waals surface area contributed by atoms with Crippen LogP contribution >= 0.6 is 0 Å². The molecule has 0 unspecified atom stereocenters. The van der Waals surface area contributed by atoms with Crippen molar-refractivity contribution in [2.75, 3.05) is 19.6 Å². The summed E-state index contributed by atoms with van der Waals surface area (Å²) in [4.78, 5) is 16.5. The van der Waals surface area contributed by atoms with Crippen molar-refractivity contribution < 1.29 is 9.21 Å². The highest BCUT2D eigenvalue weighted by molar-refractivity contribution is 5.78. The maximum atomic E-state index is 12.7. The van der Waals surface area contributed by atoms with Gasteiger partial charge in [-0.3, -0.25) is 9.69 Å². The molecular formula is C17H22N6O2. The molecule has 0 radical (unpaired) electrons. The van der Waals surface area contributed by atoms with Crippen LogP contribution in [0.1, 0.15) is 30.8 Å². The van der Waals surface area contributed by atoms with Gasteiger partial charge in [0, 0.05) is 26.1 Å². The van der Waals surface area contributed by atoms with Crippen LogP contribution in [0.3, 0.4) is 0 Å². The van der Waals surface area contributed by atoms with Crippen molar-refractivity contribution in [1.82, 2.24) is 24.6 Å². The van der Waals surface area contributed by atoms with E-state index in [9.17, 15) is 4.79 Å². The van der Waals surface area contributed by atoms with Crippen LogP contribution < -0.4 is 0 Å². The normalized spacial score (nSPS) is 14.1. The molecule has 0 atom stereocenters. The van der Waals surface area contributed by atoms with Gasteiger partial charge in [0.1, 0.15) is 17.4 Å². The molecule has 8 nitrogen and oxygen atoms in total. The van der Waals surface area contributed by atoms with E-state index < -0.39 is 0 Å². The highest BCUT2D eigenvalue weighted by Gasteiger charge is 2.24. The second kappa shape index (κ2) is 7.94. The van der Waals surface area contributed by atoms with Gasteiger partial charge in [-0.2, -0.15) is 5.26 Å². The summed E-state index contributed by atoms with van der Waals surface area (Å²) in [7, 11) is 0. The van der Waals surface area contributed by atoms with Gasteiger partial charge in [0.15, 0.2) is 0 Å². The quantitative estimate of drug-likeness (QED) is 0.751. The first-order valence-corrected chi connectivity index (χ1v) is 8.51. The Kier molecular flexibility index (Phi) is 5.46. The predicted octanol–water partition coefficient (Wildman–Crippen LogP) is 1.19. The molecule has 1 aliphatic heterocycles. The molecule has 3 heterocycles. The van der Waals surface area contributed by atoms with Crippen molar-refractivity contribution in [3.8, 4) is 6.07 Å². The first-order valence-electron chi connectivity index (χ1n) is 8.51. The van der Waals surface area contributed by atoms with E-state index in [1.54, 1.807) is 17.2 Å². The molecule has 132 valence electrons. The lowest BCUT2D eigenvalue weighted by Gasteiger charge is -2.29. The maximum Gasteiger partial charge on any atom is 0.237 e. The number of amides is 1. The number of hydrogen-bond acceptors (Lipinski definition) is 6. The predicted molar refractivity (Wildman–Crippen MR) is 89.0 cm³/mol. The fraction of sp³-hybridized carbons (Fsp3) is 0.529. The number of hydrogen-bond donors (Lipinski definition) is 0. The molecular weight excluding hydrogens is 320 g/mol. The molecule has 1 amide bonds. The van der Waals surface area contributed by atoms with Gasteiger partial charge in [-0.05, 0) is 12.1 Å². The van der Waals surface area contributed by atoms with Crippen LogP contribution in [0.15, 0.2) is 22.8 Å². The summed E-state index contributed by atoms with van der Waals surface area (Å²) in [5.74, 6) is 2.62. The minimum atomic E-state index is -0.00432. The SMILES string of the molecule is CCc1nnc2n1CCN(CC(=O)N(CCC#N)Cc1ccco1)C2. The fourth-order valence-corrected chi connectivity index (χ4v) is 3.02. The molecule has 0 spiro atoms. The number of aryl methyl sites for hydroxylation is 1. The van der Waals surface area contributed by atoms with E-state index in [1.165, 1.54) is 0 Å². The van der Waals surface area contributed by atoms with E-state index in [1.807, 2.05) is 6.07 Å². The summed E-state index contributed by atoms with van der Waals surface area (Å²) < 4.78 is 7.47. The molecule has 25 heavy (non-hydrogen) atoms. The van der Waals surface area contributed by atoms with Crippen LogP contribution in [0.2, 0.25) is 0 Å². The first-order chi connectivity index (χ1) is 12.2. The molecule has 8 heteroatoms. The first kappa shape index (κ1) is 17.2. The van der Waals surface area contributed by atoms with Crippen molar-refractivity contribution in [2.45, 2.75) is 39.4 Å². The monoisotopic (exact) mass is 342 g/mol. The Balaban J connectivity index is 1.61. The number of fused-ring (bicyclic) bond motifs is 1. The molecule has 2 aromatic heterocycles. The van der Waals surface area contributed by atoms with Gasteiger partial charge in [0.05, 0.1) is 38.4 Å². The molecule has 0 N–H and O–H groups in total. The Morgan fingerprint density at radius 1 is 1.44 bits per heavy atom. The zero-order chi connectivity index (χ0) is 17.6. The lowest BCUT2D eigenvalue weighted by Crippen LogP contribution is -2.43. The summed E-state index contributed by atoms with van der Waals surface area (Å²) in [6, 6.07) is 5.73. The van der Waals surface area contributed by atoms with Gasteiger partial charge < -0.3 is 13.9 Å². The molecule has 0 aliphatic carbocycles. The van der Waals surface area contributed by atoms with Crippen LogP contribution in [0, 0.1) is 11.3 Å². The lowest BCUT2D eigenvalue weighted by molar-refractivity contribution is -0.133. The van der Waals surface area contributed by atoms with Crippen LogP contribution in [-0.4, -0.2) is 50.1 Å². The van der Waals surface area contributed by atoms with Gasteiger partial charge in [0.2, 0.25) is 5.91 Å². The molecule has 0 fully saturated rings. The number of furan rings is 1. The Morgan fingerprint density at radius 3 is 3.04 bits per heavy atom. The van der Waals surface area contributed by atoms with Crippen LogP contribution in [0.4, 0.5) is 0 Å². The summed E-state index contributed by atoms with van der Waals surface area (Å²) in [6.07, 6.45) is 2.75. The van der Waals surface area contributed by atoms with Crippen LogP contribution in [-0.2, 0) is 30.8 Å². The minimum absolute atomic E-state index is 0.00432. The largest absolute Gasteiger partial charge is 0.467 e. The minimum Gasteiger partial charge on any atom is -0.467 e. The summed E-state index contributed by atoms with van der Waals surface area (Å²) >= 11 is 0. The average molecular weight is 342 g/mol. The van der Waals surface area contributed by atoms with Crippen molar-refractivity contribution >= 4 is 5.91 Å². The van der Waals surface area contributed by atoms with Crippen molar-refractivity contribution in [2.24, 2.45) is 0 Å². The third kappa shape index (κ3) is 4.06. The van der Waals surface area contributed by atoms with E-state index in [0.717, 1.165) is 36.9 Å². The van der Waals surface area contributed by atoms with Crippen molar-refractivity contribution in [3.05, 3.63) is 35.8 Å². The summed E-state index contributed by atoms with van der Waals surface area (Å²) in [5.41, 5.74) is 0. The van der Waals surface area contributed by atoms with E-state index >= 15 is 0 Å². The Bertz CT molecular complexity index is 746. The van der Waals surface area contributed by atoms with Crippen molar-refractivity contribution in [3.63, 3.8) is 0 Å². The molecule has 0 aromatic carbocycles. The molecule has 0 bridgehead atoms. The standard InChI is InChI=1S/C17H22N6O2/c1-2-15-19-20-16-12-21(8-9-23(15)16)13-17(24)22(7-4-6-18)11-14-5-3-10-25-14/h3,5,10H,2,4,7-9,11-13H2,1H3. The van der Waals surface area contributed by atoms with Gasteiger partial charge in [-0.15, -0.1) is 10.2 Å². The summed E-state index contributed by atoms with van der Waals surface area (Å²) in [6.45, 7) is 5.37. The maximum absolute atomic E-state index is 12.7. The smallest absolute Gasteiger partial charge is 0.237 e. The zero-order valence-corrected chi connectivity index (χ0v) is 14.4. The van der Waals surface area contributed by atoms with Crippen molar-refractivity contribution in [1.29, 1.82) is 5.26 Å². The van der Waals surface area contributed by atoms with Gasteiger partial charge in [-0.1, -0.05) is 6.92 Å². The Hall–Kier alpha value is -2.66. The number of rotatable bonds is 7. The second-order valence-corrected chi connectivity index (χ2v) is 6.05. The average Bonchev–Trinajstić information content (AvgIpc) is 3.27. The summed E-state index contributed by atoms with van der Waals surface area (Å²) in [5, 5.41) is 17.3. The lowest BCUT2D eigenvalue weighted by atomic mass is 10.3. The zero-order valence-electron chi connectivity index (χ0n) is 14.4. The Labute approximate surface area is 146 Å². The molecule has 2 aromatic rings. The topological polar surface area (TPSA) is 91.2 Å². The van der Waals surface area contributed by atoms with E-state index in [-0.39, 0.29) is 5.91 Å². The number of aromatic nitrogens is 3. The third-order valence-corrected chi connectivity index (χ3v) is 4.36. The van der Waals surface area contributed by atoms with Gasteiger partial charge in [-0.25, -0.2) is 0 Å².